The molecule has 1 saturated heterocycles. The number of carbonyl (C=O) groups is 3. The van der Waals surface area contributed by atoms with Crippen LogP contribution in [-0.4, -0.2) is 51.7 Å². The van der Waals surface area contributed by atoms with Crippen LogP contribution >= 0.6 is 23.2 Å². The predicted octanol–water partition coefficient (Wildman–Crippen LogP) is 2.72. The summed E-state index contributed by atoms with van der Waals surface area (Å²) < 4.78 is 5.49. The average Bonchev–Trinajstić information content (AvgIpc) is 2.94. The monoisotopic (exact) mass is 373 g/mol. The summed E-state index contributed by atoms with van der Waals surface area (Å²) in [7, 11) is 0. The first-order valence-corrected chi connectivity index (χ1v) is 8.15. The molecule has 0 unspecified atom stereocenters. The smallest absolute Gasteiger partial charge is 0.410 e. The molecule has 0 aromatic carbocycles. The second-order valence-corrected chi connectivity index (χ2v) is 6.81. The van der Waals surface area contributed by atoms with E-state index in [1.807, 2.05) is 0 Å². The average molecular weight is 374 g/mol. The first-order chi connectivity index (χ1) is 11.3. The number of aromatic nitrogens is 2. The third-order valence-electron chi connectivity index (χ3n) is 3.66. The molecule has 0 radical (unpaired) electrons. The van der Waals surface area contributed by atoms with Crippen LogP contribution in [0.15, 0.2) is 0 Å². The minimum atomic E-state index is -0.942. The van der Waals surface area contributed by atoms with Crippen molar-refractivity contribution >= 4 is 41.9 Å². The van der Waals surface area contributed by atoms with Crippen LogP contribution in [-0.2, 0) is 16.0 Å². The fourth-order valence-corrected chi connectivity index (χ4v) is 3.02. The van der Waals surface area contributed by atoms with E-state index in [1.54, 1.807) is 13.8 Å². The fourth-order valence-electron chi connectivity index (χ4n) is 2.51. The van der Waals surface area contributed by atoms with Gasteiger partial charge in [-0.1, -0.05) is 23.2 Å². The zero-order valence-corrected chi connectivity index (χ0v) is 14.8. The van der Waals surface area contributed by atoms with Crippen LogP contribution in [0.3, 0.4) is 0 Å². The maximum absolute atomic E-state index is 12.3. The summed E-state index contributed by atoms with van der Waals surface area (Å²) >= 11 is 11.8. The second kappa shape index (κ2) is 7.44. The molecule has 1 aromatic heterocycles. The third-order valence-corrected chi connectivity index (χ3v) is 4.23. The van der Waals surface area contributed by atoms with E-state index in [-0.39, 0.29) is 28.1 Å². The van der Waals surface area contributed by atoms with Gasteiger partial charge in [0, 0.05) is 13.0 Å². The quantitative estimate of drug-likeness (QED) is 0.582. The number of hydrogen-bond donors (Lipinski definition) is 0. The van der Waals surface area contributed by atoms with E-state index in [0.717, 1.165) is 12.7 Å². The maximum atomic E-state index is 12.3. The van der Waals surface area contributed by atoms with E-state index in [1.165, 1.54) is 4.90 Å². The van der Waals surface area contributed by atoms with Crippen LogP contribution in [0.4, 0.5) is 4.79 Å². The van der Waals surface area contributed by atoms with Crippen LogP contribution in [0.1, 0.15) is 42.9 Å². The van der Waals surface area contributed by atoms with Gasteiger partial charge in [-0.3, -0.25) is 9.69 Å². The number of ether oxygens (including phenoxy) is 1. The highest BCUT2D eigenvalue weighted by Crippen LogP contribution is 2.24. The molecule has 130 valence electrons. The van der Waals surface area contributed by atoms with E-state index in [4.69, 9.17) is 27.9 Å². The molecule has 2 heterocycles. The summed E-state index contributed by atoms with van der Waals surface area (Å²) in [5.41, 5.74) is -0.926. The van der Waals surface area contributed by atoms with Gasteiger partial charge in [-0.15, -0.1) is 0 Å². The van der Waals surface area contributed by atoms with Gasteiger partial charge in [-0.05, 0) is 26.7 Å². The Labute approximate surface area is 149 Å². The van der Waals surface area contributed by atoms with Crippen LogP contribution in [0.5, 0.6) is 0 Å². The Morgan fingerprint density at radius 3 is 2.50 bits per heavy atom. The molecule has 1 amide bonds. The van der Waals surface area contributed by atoms with Crippen molar-refractivity contribution in [1.29, 1.82) is 0 Å². The number of nitrogens with zero attached hydrogens (tertiary/aromatic N) is 3. The van der Waals surface area contributed by atoms with Gasteiger partial charge in [0.25, 0.3) is 0 Å². The molecule has 0 N–H and O–H groups in total. The van der Waals surface area contributed by atoms with Crippen LogP contribution < -0.4 is 0 Å². The molecule has 9 heteroatoms. The number of aldehydes is 2. The molecule has 24 heavy (non-hydrogen) atoms. The molecule has 1 aliphatic rings. The summed E-state index contributed by atoms with van der Waals surface area (Å²) in [5, 5.41) is -0.106. The van der Waals surface area contributed by atoms with Gasteiger partial charge in [-0.2, -0.15) is 0 Å². The summed E-state index contributed by atoms with van der Waals surface area (Å²) in [6.45, 7) is 3.87. The summed E-state index contributed by atoms with van der Waals surface area (Å²) in [5.74, 6) is 0.252. The van der Waals surface area contributed by atoms with Gasteiger partial charge in [-0.25, -0.2) is 14.8 Å². The molecule has 0 aliphatic carbocycles. The van der Waals surface area contributed by atoms with Crippen molar-refractivity contribution < 1.29 is 19.1 Å². The van der Waals surface area contributed by atoms with E-state index in [9.17, 15) is 14.4 Å². The molecular formula is C15H17Cl2N3O4. The Hall–Kier alpha value is -1.73. The Kier molecular flexibility index (Phi) is 5.77. The minimum absolute atomic E-state index is 0.0165. The highest BCUT2D eigenvalue weighted by molar-refractivity contribution is 6.36. The molecule has 2 rings (SSSR count). The van der Waals surface area contributed by atoms with E-state index < -0.39 is 17.7 Å². The van der Waals surface area contributed by atoms with E-state index in [2.05, 4.69) is 9.97 Å². The lowest BCUT2D eigenvalue weighted by molar-refractivity contribution is -0.111. The zero-order chi connectivity index (χ0) is 17.9. The van der Waals surface area contributed by atoms with Gasteiger partial charge < -0.3 is 9.53 Å². The highest BCUT2D eigenvalue weighted by atomic mass is 35.5. The Balaban J connectivity index is 2.09. The predicted molar refractivity (Wildman–Crippen MR) is 87.5 cm³/mol. The molecule has 1 fully saturated rings. The van der Waals surface area contributed by atoms with Crippen molar-refractivity contribution in [3.8, 4) is 0 Å². The lowest BCUT2D eigenvalue weighted by Gasteiger charge is -2.29. The van der Waals surface area contributed by atoms with Crippen molar-refractivity contribution in [1.82, 2.24) is 14.9 Å². The van der Waals surface area contributed by atoms with Crippen molar-refractivity contribution in [3.05, 3.63) is 21.7 Å². The standard InChI is InChI=1S/C15H17Cl2N3O4/c1-15(2,24-14(23)20-5-3-4-9(20)7-21)6-11-18-12(16)10(8-22)13(17)19-11/h7-9H,3-6H2,1-2H3/t9-/m1/s1. The Morgan fingerprint density at radius 2 is 1.96 bits per heavy atom. The van der Waals surface area contributed by atoms with Crippen LogP contribution in [0.25, 0.3) is 0 Å². The third kappa shape index (κ3) is 4.21. The Morgan fingerprint density at radius 1 is 1.33 bits per heavy atom. The fraction of sp³-hybridized carbons (Fsp3) is 0.533. The van der Waals surface area contributed by atoms with Gasteiger partial charge in [0.15, 0.2) is 6.29 Å². The van der Waals surface area contributed by atoms with E-state index in [0.29, 0.717) is 19.3 Å². The van der Waals surface area contributed by atoms with Crippen molar-refractivity contribution in [2.45, 2.75) is 44.8 Å². The van der Waals surface area contributed by atoms with Crippen LogP contribution in [0.2, 0.25) is 10.3 Å². The first-order valence-electron chi connectivity index (χ1n) is 7.39. The molecule has 1 aromatic rings. The van der Waals surface area contributed by atoms with E-state index >= 15 is 0 Å². The minimum Gasteiger partial charge on any atom is -0.443 e. The number of rotatable bonds is 5. The topological polar surface area (TPSA) is 89.5 Å². The number of hydrogen-bond acceptors (Lipinski definition) is 6. The second-order valence-electron chi connectivity index (χ2n) is 6.10. The summed E-state index contributed by atoms with van der Waals surface area (Å²) in [4.78, 5) is 43.5. The number of carbonyl (C=O) groups excluding carboxylic acids is 3. The number of likely N-dealkylation sites (tertiary alicyclic amines) is 1. The van der Waals surface area contributed by atoms with Gasteiger partial charge >= 0.3 is 6.09 Å². The summed E-state index contributed by atoms with van der Waals surface area (Å²) in [6.07, 6.45) is 2.23. The Bertz CT molecular complexity index is 643. The molecule has 7 nitrogen and oxygen atoms in total. The normalized spacial score (nSPS) is 17.7. The molecule has 1 aliphatic heterocycles. The SMILES string of the molecule is CC(C)(Cc1nc(Cl)c(C=O)c(Cl)n1)OC(=O)N1CCC[C@@H]1C=O. The molecule has 0 spiro atoms. The summed E-state index contributed by atoms with van der Waals surface area (Å²) in [6, 6.07) is -0.444. The highest BCUT2D eigenvalue weighted by Gasteiger charge is 2.34. The molecular weight excluding hydrogens is 357 g/mol. The lowest BCUT2D eigenvalue weighted by Crippen LogP contribution is -2.42. The zero-order valence-electron chi connectivity index (χ0n) is 13.3. The van der Waals surface area contributed by atoms with Gasteiger partial charge in [0.1, 0.15) is 28.0 Å². The van der Waals surface area contributed by atoms with Crippen molar-refractivity contribution in [2.75, 3.05) is 6.54 Å². The lowest BCUT2D eigenvalue weighted by atomic mass is 10.0. The van der Waals surface area contributed by atoms with Gasteiger partial charge in [0.2, 0.25) is 0 Å². The van der Waals surface area contributed by atoms with Crippen molar-refractivity contribution in [2.24, 2.45) is 0 Å². The number of halogens is 2. The largest absolute Gasteiger partial charge is 0.443 e. The molecule has 1 atom stereocenters. The van der Waals surface area contributed by atoms with Gasteiger partial charge in [0.05, 0.1) is 11.6 Å². The molecule has 0 saturated carbocycles. The van der Waals surface area contributed by atoms with Crippen molar-refractivity contribution in [3.63, 3.8) is 0 Å². The van der Waals surface area contributed by atoms with Crippen LogP contribution in [0, 0.1) is 0 Å². The first kappa shape index (κ1) is 18.6. The maximum Gasteiger partial charge on any atom is 0.410 e. The number of amides is 1. The molecule has 0 bridgehead atoms.